The second-order valence-electron chi connectivity index (χ2n) is 5.35. The monoisotopic (exact) mass is 341 g/mol. The van der Waals surface area contributed by atoms with Gasteiger partial charge in [0.05, 0.1) is 38.7 Å². The van der Waals surface area contributed by atoms with Gasteiger partial charge >= 0.3 is 0 Å². The minimum Gasteiger partial charge on any atom is -0.497 e. The van der Waals surface area contributed by atoms with Gasteiger partial charge in [-0.25, -0.2) is 4.98 Å². The summed E-state index contributed by atoms with van der Waals surface area (Å²) >= 11 is 0. The van der Waals surface area contributed by atoms with Crippen LogP contribution in [-0.4, -0.2) is 36.8 Å². The summed E-state index contributed by atoms with van der Waals surface area (Å²) in [6.07, 6.45) is 1.64. The number of rotatable bonds is 6. The quantitative estimate of drug-likeness (QED) is 0.746. The molecule has 0 saturated heterocycles. The van der Waals surface area contributed by atoms with Crippen molar-refractivity contribution in [3.8, 4) is 17.2 Å². The second kappa shape index (κ2) is 7.12. The van der Waals surface area contributed by atoms with Gasteiger partial charge in [0.2, 0.25) is 5.91 Å². The largest absolute Gasteiger partial charge is 0.497 e. The van der Waals surface area contributed by atoms with E-state index in [2.05, 4.69) is 10.3 Å². The molecule has 130 valence electrons. The fraction of sp³-hybridized carbons (Fsp3) is 0.222. The topological polar surface area (TPSA) is 74.6 Å². The van der Waals surface area contributed by atoms with Gasteiger partial charge in [-0.3, -0.25) is 4.79 Å². The zero-order chi connectivity index (χ0) is 17.8. The maximum absolute atomic E-state index is 12.4. The first-order valence-electron chi connectivity index (χ1n) is 7.65. The highest BCUT2D eigenvalue weighted by molar-refractivity contribution is 5.92. The van der Waals surface area contributed by atoms with Crippen molar-refractivity contribution in [2.75, 3.05) is 26.6 Å². The van der Waals surface area contributed by atoms with Gasteiger partial charge in [-0.05, 0) is 24.3 Å². The molecule has 25 heavy (non-hydrogen) atoms. The molecule has 0 aliphatic carbocycles. The van der Waals surface area contributed by atoms with Gasteiger partial charge in [0, 0.05) is 17.8 Å². The predicted octanol–water partition coefficient (Wildman–Crippen LogP) is 2.70. The van der Waals surface area contributed by atoms with Crippen molar-refractivity contribution in [3.05, 3.63) is 42.7 Å². The molecule has 0 saturated carbocycles. The lowest BCUT2D eigenvalue weighted by Gasteiger charge is -2.11. The van der Waals surface area contributed by atoms with Crippen molar-refractivity contribution in [2.45, 2.75) is 6.54 Å². The van der Waals surface area contributed by atoms with Crippen LogP contribution in [0, 0.1) is 0 Å². The lowest BCUT2D eigenvalue weighted by atomic mass is 10.2. The molecule has 0 unspecified atom stereocenters. The molecule has 0 aliphatic heterocycles. The van der Waals surface area contributed by atoms with Crippen LogP contribution in [0.15, 0.2) is 42.7 Å². The van der Waals surface area contributed by atoms with Crippen molar-refractivity contribution in [3.63, 3.8) is 0 Å². The number of hydrogen-bond acceptors (Lipinski definition) is 5. The summed E-state index contributed by atoms with van der Waals surface area (Å²) in [5, 5.41) is 2.85. The van der Waals surface area contributed by atoms with E-state index in [4.69, 9.17) is 14.2 Å². The smallest absolute Gasteiger partial charge is 0.244 e. The van der Waals surface area contributed by atoms with E-state index < -0.39 is 0 Å². The van der Waals surface area contributed by atoms with Crippen LogP contribution in [0.3, 0.4) is 0 Å². The molecular formula is C18H19N3O4. The van der Waals surface area contributed by atoms with Gasteiger partial charge in [-0.1, -0.05) is 0 Å². The van der Waals surface area contributed by atoms with Crippen LogP contribution in [-0.2, 0) is 11.3 Å². The van der Waals surface area contributed by atoms with E-state index in [0.717, 1.165) is 16.8 Å². The summed E-state index contributed by atoms with van der Waals surface area (Å²) in [4.78, 5) is 16.7. The SMILES string of the molecule is COc1ccc2ncn(CC(=O)Nc3ccc(OC)c(OC)c3)c2c1. The number of nitrogens with one attached hydrogen (secondary N) is 1. The van der Waals surface area contributed by atoms with Crippen LogP contribution in [0.25, 0.3) is 11.0 Å². The van der Waals surface area contributed by atoms with Crippen LogP contribution in [0.4, 0.5) is 5.69 Å². The number of carbonyl (C=O) groups excluding carboxylic acids is 1. The number of imidazole rings is 1. The number of methoxy groups -OCH3 is 3. The van der Waals surface area contributed by atoms with E-state index in [1.807, 2.05) is 18.2 Å². The summed E-state index contributed by atoms with van der Waals surface area (Å²) in [5.74, 6) is 1.70. The van der Waals surface area contributed by atoms with E-state index in [1.165, 1.54) is 0 Å². The van der Waals surface area contributed by atoms with Gasteiger partial charge in [-0.2, -0.15) is 0 Å². The van der Waals surface area contributed by atoms with E-state index in [0.29, 0.717) is 17.2 Å². The zero-order valence-electron chi connectivity index (χ0n) is 14.3. The Morgan fingerprint density at radius 1 is 1.04 bits per heavy atom. The Bertz CT molecular complexity index is 904. The lowest BCUT2D eigenvalue weighted by Crippen LogP contribution is -2.18. The normalized spacial score (nSPS) is 10.5. The number of anilines is 1. The fourth-order valence-electron chi connectivity index (χ4n) is 2.56. The number of amides is 1. The van der Waals surface area contributed by atoms with Crippen molar-refractivity contribution in [1.29, 1.82) is 0 Å². The van der Waals surface area contributed by atoms with E-state index in [9.17, 15) is 4.79 Å². The maximum Gasteiger partial charge on any atom is 0.244 e. The number of carbonyl (C=O) groups is 1. The molecule has 1 amide bonds. The molecule has 0 fully saturated rings. The molecule has 0 spiro atoms. The molecule has 3 aromatic rings. The minimum absolute atomic E-state index is 0.137. The summed E-state index contributed by atoms with van der Waals surface area (Å²) in [6.45, 7) is 0.137. The van der Waals surface area contributed by atoms with Crippen LogP contribution in [0.5, 0.6) is 17.2 Å². The Balaban J connectivity index is 1.77. The molecule has 1 heterocycles. The van der Waals surface area contributed by atoms with E-state index >= 15 is 0 Å². The molecule has 0 radical (unpaired) electrons. The average molecular weight is 341 g/mol. The Hall–Kier alpha value is -3.22. The number of nitrogens with zero attached hydrogens (tertiary/aromatic N) is 2. The minimum atomic E-state index is -0.172. The number of fused-ring (bicyclic) bond motifs is 1. The molecule has 3 rings (SSSR count). The van der Waals surface area contributed by atoms with Crippen LogP contribution in [0.1, 0.15) is 0 Å². The average Bonchev–Trinajstić information content (AvgIpc) is 3.03. The molecule has 7 heteroatoms. The summed E-state index contributed by atoms with van der Waals surface area (Å²) in [6, 6.07) is 10.8. The predicted molar refractivity (Wildman–Crippen MR) is 94.5 cm³/mol. The lowest BCUT2D eigenvalue weighted by molar-refractivity contribution is -0.116. The van der Waals surface area contributed by atoms with Crippen LogP contribution < -0.4 is 19.5 Å². The fourth-order valence-corrected chi connectivity index (χ4v) is 2.56. The molecule has 1 N–H and O–H groups in total. The van der Waals surface area contributed by atoms with Crippen LogP contribution in [0.2, 0.25) is 0 Å². The first-order chi connectivity index (χ1) is 12.1. The molecule has 0 atom stereocenters. The molecule has 7 nitrogen and oxygen atoms in total. The van der Waals surface area contributed by atoms with Gasteiger partial charge in [0.25, 0.3) is 0 Å². The Labute approximate surface area is 145 Å². The van der Waals surface area contributed by atoms with Gasteiger partial charge in [-0.15, -0.1) is 0 Å². The zero-order valence-corrected chi connectivity index (χ0v) is 14.3. The van der Waals surface area contributed by atoms with Crippen LogP contribution >= 0.6 is 0 Å². The number of aromatic nitrogens is 2. The Kier molecular flexibility index (Phi) is 4.74. The third-order valence-corrected chi connectivity index (χ3v) is 3.81. The molecule has 2 aromatic carbocycles. The van der Waals surface area contributed by atoms with Crippen molar-refractivity contribution >= 4 is 22.6 Å². The standard InChI is InChI=1S/C18H19N3O4/c1-23-13-5-6-14-15(9-13)21(11-19-14)10-18(22)20-12-4-7-16(24-2)17(8-12)25-3/h4-9,11H,10H2,1-3H3,(H,20,22). The molecular weight excluding hydrogens is 322 g/mol. The summed E-state index contributed by atoms with van der Waals surface area (Å²) < 4.78 is 17.4. The van der Waals surface area contributed by atoms with Gasteiger partial charge in [0.1, 0.15) is 12.3 Å². The molecule has 1 aromatic heterocycles. The second-order valence-corrected chi connectivity index (χ2v) is 5.35. The molecule has 0 aliphatic rings. The Morgan fingerprint density at radius 2 is 1.84 bits per heavy atom. The number of benzene rings is 2. The van der Waals surface area contributed by atoms with Crippen molar-refractivity contribution in [1.82, 2.24) is 9.55 Å². The van der Waals surface area contributed by atoms with E-state index in [1.54, 1.807) is 50.4 Å². The molecule has 0 bridgehead atoms. The third-order valence-electron chi connectivity index (χ3n) is 3.81. The highest BCUT2D eigenvalue weighted by Crippen LogP contribution is 2.29. The van der Waals surface area contributed by atoms with Crippen molar-refractivity contribution < 1.29 is 19.0 Å². The highest BCUT2D eigenvalue weighted by atomic mass is 16.5. The maximum atomic E-state index is 12.4. The Morgan fingerprint density at radius 3 is 2.56 bits per heavy atom. The number of hydrogen-bond donors (Lipinski definition) is 1. The van der Waals surface area contributed by atoms with Crippen molar-refractivity contribution in [2.24, 2.45) is 0 Å². The number of ether oxygens (including phenoxy) is 3. The van der Waals surface area contributed by atoms with Gasteiger partial charge in [0.15, 0.2) is 11.5 Å². The van der Waals surface area contributed by atoms with E-state index in [-0.39, 0.29) is 12.5 Å². The summed E-state index contributed by atoms with van der Waals surface area (Å²) in [7, 11) is 4.72. The first kappa shape index (κ1) is 16.6. The highest BCUT2D eigenvalue weighted by Gasteiger charge is 2.10. The van der Waals surface area contributed by atoms with Gasteiger partial charge < -0.3 is 24.1 Å². The third kappa shape index (κ3) is 3.50. The first-order valence-corrected chi connectivity index (χ1v) is 7.65. The summed E-state index contributed by atoms with van der Waals surface area (Å²) in [5.41, 5.74) is 2.27.